The molecule has 7 heteroatoms. The third-order valence-electron chi connectivity index (χ3n) is 8.61. The molecular formula is C28H30F3NO3. The number of carbonyl (C=O) groups is 1. The molecule has 1 heterocycles. The quantitative estimate of drug-likeness (QED) is 0.579. The topological polar surface area (TPSA) is 49.8 Å². The molecule has 0 bridgehead atoms. The van der Waals surface area contributed by atoms with Crippen molar-refractivity contribution in [3.8, 4) is 11.8 Å². The highest BCUT2D eigenvalue weighted by molar-refractivity contribution is 5.84. The van der Waals surface area contributed by atoms with Gasteiger partial charge in [-0.1, -0.05) is 25.0 Å². The van der Waals surface area contributed by atoms with Gasteiger partial charge in [-0.05, 0) is 60.1 Å². The summed E-state index contributed by atoms with van der Waals surface area (Å²) in [6, 6.07) is 8.16. The van der Waals surface area contributed by atoms with Gasteiger partial charge in [-0.2, -0.15) is 13.2 Å². The third kappa shape index (κ3) is 3.96. The predicted octanol–water partition coefficient (Wildman–Crippen LogP) is 5.29. The van der Waals surface area contributed by atoms with Crippen molar-refractivity contribution in [1.82, 2.24) is 0 Å². The second-order valence-corrected chi connectivity index (χ2v) is 10.8. The van der Waals surface area contributed by atoms with Crippen LogP contribution >= 0.6 is 0 Å². The van der Waals surface area contributed by atoms with E-state index >= 15 is 0 Å². The molecule has 35 heavy (non-hydrogen) atoms. The zero-order valence-electron chi connectivity index (χ0n) is 20.2. The Kier molecular flexibility index (Phi) is 5.60. The highest BCUT2D eigenvalue weighted by Gasteiger charge is 2.63. The number of benzene rings is 1. The number of hydrogen-bond acceptors (Lipinski definition) is 4. The zero-order chi connectivity index (χ0) is 25.2. The Hall–Kier alpha value is -2.72. The molecule has 1 aliphatic heterocycles. The van der Waals surface area contributed by atoms with E-state index < -0.39 is 17.2 Å². The molecule has 186 valence electrons. The molecule has 1 N–H and O–H groups in total. The Morgan fingerprint density at radius 1 is 1.17 bits per heavy atom. The summed E-state index contributed by atoms with van der Waals surface area (Å²) in [4.78, 5) is 14.1. The molecular weight excluding hydrogens is 455 g/mol. The third-order valence-corrected chi connectivity index (χ3v) is 8.61. The second kappa shape index (κ2) is 8.16. The van der Waals surface area contributed by atoms with Crippen LogP contribution in [0.25, 0.3) is 0 Å². The Labute approximate surface area is 203 Å². The Morgan fingerprint density at radius 2 is 1.89 bits per heavy atom. The number of hydrogen-bond donors (Lipinski definition) is 1. The number of aliphatic hydroxyl groups is 1. The normalized spacial score (nSPS) is 34.1. The average molecular weight is 486 g/mol. The van der Waals surface area contributed by atoms with E-state index in [0.29, 0.717) is 32.1 Å². The van der Waals surface area contributed by atoms with Gasteiger partial charge in [0.15, 0.2) is 0 Å². The lowest BCUT2D eigenvalue weighted by atomic mass is 9.55. The lowest BCUT2D eigenvalue weighted by Crippen LogP contribution is -2.53. The Bertz CT molecular complexity index is 1170. The summed E-state index contributed by atoms with van der Waals surface area (Å²) in [7, 11) is 3.93. The van der Waals surface area contributed by atoms with Gasteiger partial charge in [-0.15, -0.1) is 0 Å². The molecule has 1 aromatic rings. The van der Waals surface area contributed by atoms with E-state index in [9.17, 15) is 23.1 Å². The number of alkyl halides is 3. The Morgan fingerprint density at radius 3 is 2.54 bits per heavy atom. The summed E-state index contributed by atoms with van der Waals surface area (Å²) >= 11 is 0. The van der Waals surface area contributed by atoms with Gasteiger partial charge < -0.3 is 14.7 Å². The van der Waals surface area contributed by atoms with Crippen molar-refractivity contribution in [2.75, 3.05) is 19.0 Å². The van der Waals surface area contributed by atoms with Crippen LogP contribution in [0.4, 0.5) is 18.9 Å². The largest absolute Gasteiger partial charge is 0.493 e. The number of allylic oxidation sites excluding steroid dienone is 2. The standard InChI is InChI=1S/C28H30F3NO3/c1-26-15-22(17-4-6-19(7-5-17)32(2)3)24-21-9-8-20(33)14-18(21)16-35-25(24)23(26)10-11-27(26,34)12-13-28(29,30)31/h4-7,16,22-23,25,34H,8-11,14-15H2,1-3H3/t22?,23-,25-,26-,27+/m0/s1. The fourth-order valence-corrected chi connectivity index (χ4v) is 6.69. The van der Waals surface area contributed by atoms with E-state index in [0.717, 1.165) is 28.0 Å². The fourth-order valence-electron chi connectivity index (χ4n) is 6.69. The molecule has 1 unspecified atom stereocenters. The number of carbonyl (C=O) groups excluding carboxylic acids is 1. The molecule has 0 amide bonds. The van der Waals surface area contributed by atoms with Crippen LogP contribution in [-0.2, 0) is 9.53 Å². The number of nitrogens with zero attached hydrogens (tertiary/aromatic N) is 1. The molecule has 3 saturated carbocycles. The summed E-state index contributed by atoms with van der Waals surface area (Å²) in [5.74, 6) is 3.45. The molecule has 3 fully saturated rings. The summed E-state index contributed by atoms with van der Waals surface area (Å²) < 4.78 is 45.3. The van der Waals surface area contributed by atoms with Crippen LogP contribution in [0.5, 0.6) is 0 Å². The van der Waals surface area contributed by atoms with Crippen LogP contribution < -0.4 is 4.90 Å². The molecule has 4 aliphatic rings. The Balaban J connectivity index is 1.63. The van der Waals surface area contributed by atoms with Gasteiger partial charge >= 0.3 is 6.18 Å². The number of halogens is 3. The first-order valence-corrected chi connectivity index (χ1v) is 12.1. The van der Waals surface area contributed by atoms with Crippen molar-refractivity contribution in [3.63, 3.8) is 0 Å². The summed E-state index contributed by atoms with van der Waals surface area (Å²) in [5, 5.41) is 11.5. The summed E-state index contributed by atoms with van der Waals surface area (Å²) in [6.45, 7) is 1.87. The molecule has 4 nitrogen and oxygen atoms in total. The van der Waals surface area contributed by atoms with Crippen molar-refractivity contribution in [2.24, 2.45) is 11.3 Å². The molecule has 3 aliphatic carbocycles. The smallest absolute Gasteiger partial charge is 0.457 e. The van der Waals surface area contributed by atoms with Crippen LogP contribution in [0.15, 0.2) is 47.2 Å². The van der Waals surface area contributed by atoms with Gasteiger partial charge in [0.25, 0.3) is 0 Å². The molecule has 0 spiro atoms. The predicted molar refractivity (Wildman–Crippen MR) is 127 cm³/mol. The van der Waals surface area contributed by atoms with Gasteiger partial charge in [0.05, 0.1) is 6.26 Å². The van der Waals surface area contributed by atoms with E-state index in [1.54, 1.807) is 6.26 Å². The number of anilines is 1. The molecule has 0 radical (unpaired) electrons. The average Bonchev–Trinajstić information content (AvgIpc) is 3.07. The van der Waals surface area contributed by atoms with Gasteiger partial charge in [0.2, 0.25) is 0 Å². The lowest BCUT2D eigenvalue weighted by molar-refractivity contribution is -0.119. The molecule has 1 aromatic carbocycles. The maximum Gasteiger partial charge on any atom is 0.457 e. The summed E-state index contributed by atoms with van der Waals surface area (Å²) in [5.41, 5.74) is 2.62. The first-order chi connectivity index (χ1) is 16.4. The van der Waals surface area contributed by atoms with Crippen molar-refractivity contribution in [2.45, 2.75) is 69.2 Å². The molecule has 5 rings (SSSR count). The van der Waals surface area contributed by atoms with Crippen LogP contribution in [0.3, 0.4) is 0 Å². The highest BCUT2D eigenvalue weighted by Crippen LogP contribution is 2.64. The van der Waals surface area contributed by atoms with Crippen LogP contribution in [-0.4, -0.2) is 42.9 Å². The van der Waals surface area contributed by atoms with E-state index in [1.807, 2.05) is 38.1 Å². The number of ketones is 1. The second-order valence-electron chi connectivity index (χ2n) is 10.8. The van der Waals surface area contributed by atoms with E-state index in [1.165, 1.54) is 5.92 Å². The van der Waals surface area contributed by atoms with Gasteiger partial charge in [-0.3, -0.25) is 4.79 Å². The molecule has 0 aromatic heterocycles. The van der Waals surface area contributed by atoms with E-state index in [4.69, 9.17) is 4.74 Å². The fraction of sp³-hybridized carbons (Fsp3) is 0.536. The maximum atomic E-state index is 13.0. The first-order valence-electron chi connectivity index (χ1n) is 12.1. The van der Waals surface area contributed by atoms with Crippen LogP contribution in [0.2, 0.25) is 0 Å². The minimum Gasteiger partial charge on any atom is -0.493 e. The number of rotatable bonds is 2. The lowest BCUT2D eigenvalue weighted by Gasteiger charge is -2.52. The van der Waals surface area contributed by atoms with Crippen molar-refractivity contribution in [1.29, 1.82) is 0 Å². The van der Waals surface area contributed by atoms with Crippen LogP contribution in [0, 0.1) is 23.2 Å². The van der Waals surface area contributed by atoms with Gasteiger partial charge in [0.1, 0.15) is 17.5 Å². The van der Waals surface area contributed by atoms with Crippen LogP contribution in [0.1, 0.15) is 56.9 Å². The molecule has 5 atom stereocenters. The van der Waals surface area contributed by atoms with Crippen molar-refractivity contribution < 1.29 is 27.8 Å². The highest BCUT2D eigenvalue weighted by atomic mass is 19.4. The SMILES string of the molecule is CN(C)c1ccc(C2C[C@@]3(C)[C@@H](CC[C@@]3(O)C#CC(F)(F)F)[C@@H]3OC=C4CC(=O)CCC4=C23)cc1. The van der Waals surface area contributed by atoms with E-state index in [2.05, 4.69) is 18.1 Å². The first kappa shape index (κ1) is 24.0. The molecule has 0 saturated heterocycles. The maximum absolute atomic E-state index is 13.0. The summed E-state index contributed by atoms with van der Waals surface area (Å²) in [6.07, 6.45) is -0.718. The number of Topliss-reactive ketones (excluding diaryl/α,β-unsaturated/α-hetero) is 1. The number of fused-ring (bicyclic) bond motifs is 4. The van der Waals surface area contributed by atoms with E-state index in [-0.39, 0.29) is 30.1 Å². The van der Waals surface area contributed by atoms with Gasteiger partial charge in [0, 0.05) is 55.8 Å². The van der Waals surface area contributed by atoms with Gasteiger partial charge in [-0.25, -0.2) is 0 Å². The monoisotopic (exact) mass is 485 g/mol. The number of ether oxygens (including phenoxy) is 1. The van der Waals surface area contributed by atoms with Crippen molar-refractivity contribution in [3.05, 3.63) is 52.8 Å². The van der Waals surface area contributed by atoms with Crippen molar-refractivity contribution >= 4 is 11.5 Å². The zero-order valence-corrected chi connectivity index (χ0v) is 20.2. The minimum absolute atomic E-state index is 0.151. The minimum atomic E-state index is -4.67.